The molecule has 0 bridgehead atoms. The Morgan fingerprint density at radius 2 is 2.06 bits per heavy atom. The van der Waals surface area contributed by atoms with Crippen molar-refractivity contribution in [1.29, 1.82) is 0 Å². The summed E-state index contributed by atoms with van der Waals surface area (Å²) in [6, 6.07) is 9.36. The predicted octanol–water partition coefficient (Wildman–Crippen LogP) is 2.15. The van der Waals surface area contributed by atoms with Crippen LogP contribution in [0.15, 0.2) is 36.4 Å². The minimum absolute atomic E-state index is 0.266. The summed E-state index contributed by atoms with van der Waals surface area (Å²) < 4.78 is 9.44. The monoisotopic (exact) mass is 234 g/mol. The maximum Gasteiger partial charge on any atom is 0.333 e. The van der Waals surface area contributed by atoms with Gasteiger partial charge in [-0.05, 0) is 11.6 Å². The molecular weight excluding hydrogens is 220 g/mol. The highest BCUT2D eigenvalue weighted by Gasteiger charge is 2.09. The predicted molar refractivity (Wildman–Crippen MR) is 62.8 cm³/mol. The average molecular weight is 234 g/mol. The Morgan fingerprint density at radius 1 is 1.35 bits per heavy atom. The fourth-order valence-electron chi connectivity index (χ4n) is 1.17. The molecule has 0 N–H and O–H groups in total. The molecule has 17 heavy (non-hydrogen) atoms. The Hall–Kier alpha value is -2.10. The zero-order valence-corrected chi connectivity index (χ0v) is 9.54. The van der Waals surface area contributed by atoms with Gasteiger partial charge in [0.25, 0.3) is 6.47 Å². The summed E-state index contributed by atoms with van der Waals surface area (Å²) >= 11 is 0. The average Bonchev–Trinajstić information content (AvgIpc) is 2.37. The summed E-state index contributed by atoms with van der Waals surface area (Å²) in [5.41, 5.74) is 0.897. The highest BCUT2D eigenvalue weighted by atomic mass is 16.7. The third-order valence-corrected chi connectivity index (χ3v) is 2.00. The van der Waals surface area contributed by atoms with Gasteiger partial charge in [-0.2, -0.15) is 0 Å². The van der Waals surface area contributed by atoms with Crippen LogP contribution in [0.25, 0.3) is 6.08 Å². The number of rotatable bonds is 6. The van der Waals surface area contributed by atoms with Crippen molar-refractivity contribution in [1.82, 2.24) is 0 Å². The molecule has 0 fully saturated rings. The summed E-state index contributed by atoms with van der Waals surface area (Å²) in [7, 11) is 0. The summed E-state index contributed by atoms with van der Waals surface area (Å²) in [5, 5.41) is 0. The smallest absolute Gasteiger partial charge is 0.333 e. The van der Waals surface area contributed by atoms with Crippen LogP contribution in [0.4, 0.5) is 0 Å². The summed E-state index contributed by atoms with van der Waals surface area (Å²) in [6.07, 6.45) is 2.53. The molecule has 4 nitrogen and oxygen atoms in total. The summed E-state index contributed by atoms with van der Waals surface area (Å²) in [4.78, 5) is 21.5. The van der Waals surface area contributed by atoms with E-state index in [1.807, 2.05) is 30.3 Å². The third kappa shape index (κ3) is 4.97. The highest BCUT2D eigenvalue weighted by molar-refractivity contribution is 5.87. The number of carbonyl (C=O) groups excluding carboxylic acids is 2. The molecule has 1 aromatic carbocycles. The van der Waals surface area contributed by atoms with Crippen LogP contribution >= 0.6 is 0 Å². The van der Waals surface area contributed by atoms with Crippen LogP contribution in [0.5, 0.6) is 0 Å². The largest absolute Gasteiger partial charge is 0.427 e. The van der Waals surface area contributed by atoms with Crippen LogP contribution in [0.3, 0.4) is 0 Å². The highest BCUT2D eigenvalue weighted by Crippen LogP contribution is 2.03. The summed E-state index contributed by atoms with van der Waals surface area (Å²) in [5.74, 6) is -0.539. The van der Waals surface area contributed by atoms with Gasteiger partial charge in [-0.3, -0.25) is 4.79 Å². The van der Waals surface area contributed by atoms with Crippen molar-refractivity contribution in [3.8, 4) is 0 Å². The lowest BCUT2D eigenvalue weighted by Gasteiger charge is -2.11. The molecule has 0 aliphatic heterocycles. The Morgan fingerprint density at radius 3 is 2.65 bits per heavy atom. The maximum atomic E-state index is 11.4. The molecule has 90 valence electrons. The van der Waals surface area contributed by atoms with Crippen LogP contribution in [-0.4, -0.2) is 18.7 Å². The van der Waals surface area contributed by atoms with Gasteiger partial charge in [0, 0.05) is 12.5 Å². The zero-order valence-electron chi connectivity index (χ0n) is 9.54. The number of hydrogen-bond donors (Lipinski definition) is 0. The third-order valence-electron chi connectivity index (χ3n) is 2.00. The van der Waals surface area contributed by atoms with Gasteiger partial charge in [-0.1, -0.05) is 37.3 Å². The van der Waals surface area contributed by atoms with Crippen molar-refractivity contribution in [2.75, 3.05) is 0 Å². The first-order chi connectivity index (χ1) is 8.26. The summed E-state index contributed by atoms with van der Waals surface area (Å²) in [6.45, 7) is 2.02. The Balaban J connectivity index is 2.49. The molecule has 0 saturated carbocycles. The van der Waals surface area contributed by atoms with E-state index in [0.717, 1.165) is 5.56 Å². The number of esters is 1. The van der Waals surface area contributed by atoms with Crippen LogP contribution in [-0.2, 0) is 19.1 Å². The van der Waals surface area contributed by atoms with E-state index in [4.69, 9.17) is 4.74 Å². The van der Waals surface area contributed by atoms with E-state index in [2.05, 4.69) is 4.74 Å². The van der Waals surface area contributed by atoms with Crippen molar-refractivity contribution in [3.05, 3.63) is 42.0 Å². The molecule has 0 aromatic heterocycles. The number of hydrogen-bond acceptors (Lipinski definition) is 4. The van der Waals surface area contributed by atoms with E-state index in [1.54, 1.807) is 13.0 Å². The minimum Gasteiger partial charge on any atom is -0.427 e. The van der Waals surface area contributed by atoms with E-state index < -0.39 is 12.3 Å². The van der Waals surface area contributed by atoms with Gasteiger partial charge in [0.05, 0.1) is 0 Å². The Kier molecular flexibility index (Phi) is 5.51. The molecular formula is C13H14O4. The molecule has 1 atom stereocenters. The molecule has 0 amide bonds. The standard InChI is InChI=1S/C13H14O4/c1-2-13(16-10-14)17-12(15)9-8-11-6-4-3-5-7-11/h3-10,13H,2H2,1H3/b9-8+. The fourth-order valence-corrected chi connectivity index (χ4v) is 1.17. The quantitative estimate of drug-likeness (QED) is 0.327. The lowest BCUT2D eigenvalue weighted by Crippen LogP contribution is -2.18. The first-order valence-electron chi connectivity index (χ1n) is 5.29. The second kappa shape index (κ2) is 7.22. The first-order valence-corrected chi connectivity index (χ1v) is 5.29. The Labute approximate surface area is 99.8 Å². The van der Waals surface area contributed by atoms with Crippen molar-refractivity contribution in [3.63, 3.8) is 0 Å². The van der Waals surface area contributed by atoms with Gasteiger partial charge in [0.15, 0.2) is 0 Å². The topological polar surface area (TPSA) is 52.6 Å². The lowest BCUT2D eigenvalue weighted by molar-refractivity contribution is -0.175. The van der Waals surface area contributed by atoms with Crippen LogP contribution in [0, 0.1) is 0 Å². The normalized spacial score (nSPS) is 12.1. The van der Waals surface area contributed by atoms with Gasteiger partial charge < -0.3 is 9.47 Å². The zero-order chi connectivity index (χ0) is 12.5. The van der Waals surface area contributed by atoms with E-state index in [-0.39, 0.29) is 6.47 Å². The molecule has 4 heteroatoms. The molecule has 1 aromatic rings. The van der Waals surface area contributed by atoms with E-state index >= 15 is 0 Å². The van der Waals surface area contributed by atoms with E-state index in [0.29, 0.717) is 6.42 Å². The number of ether oxygens (including phenoxy) is 2. The van der Waals surface area contributed by atoms with Crippen molar-refractivity contribution in [2.45, 2.75) is 19.6 Å². The van der Waals surface area contributed by atoms with Crippen molar-refractivity contribution in [2.24, 2.45) is 0 Å². The molecule has 0 aliphatic carbocycles. The van der Waals surface area contributed by atoms with Crippen LogP contribution in [0.2, 0.25) is 0 Å². The first kappa shape index (κ1) is 13.0. The van der Waals surface area contributed by atoms with E-state index in [1.165, 1.54) is 6.08 Å². The second-order valence-corrected chi connectivity index (χ2v) is 3.25. The number of carbonyl (C=O) groups is 2. The van der Waals surface area contributed by atoms with Crippen molar-refractivity contribution < 1.29 is 19.1 Å². The molecule has 1 rings (SSSR count). The van der Waals surface area contributed by atoms with Crippen LogP contribution in [0.1, 0.15) is 18.9 Å². The molecule has 0 spiro atoms. The lowest BCUT2D eigenvalue weighted by atomic mass is 10.2. The molecule has 1 unspecified atom stereocenters. The van der Waals surface area contributed by atoms with Gasteiger partial charge >= 0.3 is 5.97 Å². The van der Waals surface area contributed by atoms with Gasteiger partial charge in [-0.25, -0.2) is 4.79 Å². The fraction of sp³-hybridized carbons (Fsp3) is 0.231. The maximum absolute atomic E-state index is 11.4. The van der Waals surface area contributed by atoms with E-state index in [9.17, 15) is 9.59 Å². The van der Waals surface area contributed by atoms with Gasteiger partial charge in [0.1, 0.15) is 0 Å². The number of benzene rings is 1. The molecule has 0 radical (unpaired) electrons. The molecule has 0 saturated heterocycles. The minimum atomic E-state index is -0.819. The SMILES string of the molecule is CCC(OC=O)OC(=O)/C=C/c1ccccc1. The second-order valence-electron chi connectivity index (χ2n) is 3.25. The van der Waals surface area contributed by atoms with Gasteiger partial charge in [0.2, 0.25) is 6.29 Å². The Bertz CT molecular complexity index is 384. The molecule has 0 aliphatic rings. The van der Waals surface area contributed by atoms with Crippen molar-refractivity contribution >= 4 is 18.5 Å². The van der Waals surface area contributed by atoms with Gasteiger partial charge in [-0.15, -0.1) is 0 Å². The van der Waals surface area contributed by atoms with Crippen LogP contribution < -0.4 is 0 Å². The molecule has 0 heterocycles.